The van der Waals surface area contributed by atoms with Crippen LogP contribution in [0.1, 0.15) is 37.1 Å². The number of aromatic nitrogens is 1. The molecule has 1 saturated heterocycles. The van der Waals surface area contributed by atoms with E-state index in [1.165, 1.54) is 4.90 Å². The highest BCUT2D eigenvalue weighted by molar-refractivity contribution is 14.0. The first-order valence-electron chi connectivity index (χ1n) is 11.0. The lowest BCUT2D eigenvalue weighted by Gasteiger charge is -2.18. The van der Waals surface area contributed by atoms with Crippen molar-refractivity contribution < 1.29 is 9.59 Å². The first-order chi connectivity index (χ1) is 14.5. The van der Waals surface area contributed by atoms with Crippen LogP contribution in [0.5, 0.6) is 0 Å². The predicted octanol–water partition coefficient (Wildman–Crippen LogP) is 2.82. The summed E-state index contributed by atoms with van der Waals surface area (Å²) in [4.78, 5) is 37.2. The van der Waals surface area contributed by atoms with Crippen molar-refractivity contribution in [2.45, 2.75) is 40.2 Å². The van der Waals surface area contributed by atoms with Crippen LogP contribution in [0.4, 0.5) is 0 Å². The van der Waals surface area contributed by atoms with E-state index >= 15 is 0 Å². The Bertz CT molecular complexity index is 838. The number of aliphatic imine (C=N–C) groups is 1. The summed E-state index contributed by atoms with van der Waals surface area (Å²) >= 11 is 1.70. The van der Waals surface area contributed by atoms with Gasteiger partial charge in [-0.15, -0.1) is 35.3 Å². The van der Waals surface area contributed by atoms with E-state index in [0.29, 0.717) is 31.5 Å². The van der Waals surface area contributed by atoms with Crippen molar-refractivity contribution in [2.75, 3.05) is 19.6 Å². The monoisotopic (exact) mass is 557 g/mol. The summed E-state index contributed by atoms with van der Waals surface area (Å²) in [6, 6.07) is 0. The number of carbonyl (C=O) groups is 2. The number of amides is 2. The number of nitrogens with zero attached hydrogens (tertiary/aromatic N) is 3. The van der Waals surface area contributed by atoms with Gasteiger partial charge in [0.1, 0.15) is 0 Å². The highest BCUT2D eigenvalue weighted by Gasteiger charge is 2.58. The number of guanidine groups is 1. The van der Waals surface area contributed by atoms with Gasteiger partial charge in [-0.3, -0.25) is 14.5 Å². The number of imide groups is 1. The lowest BCUT2D eigenvalue weighted by atomic mass is 9.85. The number of thiazole rings is 1. The Kier molecular flexibility index (Phi) is 8.12. The Morgan fingerprint density at radius 1 is 1.23 bits per heavy atom. The molecule has 3 aliphatic rings. The molecule has 4 rings (SSSR count). The molecule has 0 spiro atoms. The smallest absolute Gasteiger partial charge is 0.233 e. The quantitative estimate of drug-likeness (QED) is 0.169. The second kappa shape index (κ2) is 10.4. The molecule has 0 aromatic carbocycles. The number of hydrogen-bond acceptors (Lipinski definition) is 5. The van der Waals surface area contributed by atoms with Crippen molar-refractivity contribution in [2.24, 2.45) is 34.6 Å². The van der Waals surface area contributed by atoms with Gasteiger partial charge in [-0.1, -0.05) is 26.0 Å². The van der Waals surface area contributed by atoms with Crippen molar-refractivity contribution in [1.29, 1.82) is 0 Å². The van der Waals surface area contributed by atoms with Gasteiger partial charge in [0.05, 0.1) is 23.4 Å². The Morgan fingerprint density at radius 2 is 1.90 bits per heavy atom. The normalized spacial score (nSPS) is 26.6. The predicted molar refractivity (Wildman–Crippen MR) is 133 cm³/mol. The molecule has 7 nitrogen and oxygen atoms in total. The van der Waals surface area contributed by atoms with Gasteiger partial charge in [-0.2, -0.15) is 0 Å². The molecule has 0 radical (unpaired) electrons. The van der Waals surface area contributed by atoms with Crippen molar-refractivity contribution in [3.63, 3.8) is 0 Å². The highest BCUT2D eigenvalue weighted by Crippen LogP contribution is 2.52. The van der Waals surface area contributed by atoms with Crippen LogP contribution in [0, 0.1) is 29.6 Å². The molecule has 2 heterocycles. The van der Waals surface area contributed by atoms with Gasteiger partial charge in [0.2, 0.25) is 11.8 Å². The van der Waals surface area contributed by atoms with Crippen LogP contribution in [0.2, 0.25) is 0 Å². The maximum absolute atomic E-state index is 12.8. The molecule has 9 heteroatoms. The second-order valence-electron chi connectivity index (χ2n) is 8.77. The molecule has 4 unspecified atom stereocenters. The first kappa shape index (κ1) is 24.2. The van der Waals surface area contributed by atoms with Crippen molar-refractivity contribution in [3.8, 4) is 0 Å². The van der Waals surface area contributed by atoms with Crippen LogP contribution in [-0.4, -0.2) is 47.3 Å². The van der Waals surface area contributed by atoms with Crippen molar-refractivity contribution in [1.82, 2.24) is 20.5 Å². The van der Waals surface area contributed by atoms with E-state index in [2.05, 4.69) is 46.6 Å². The molecular formula is C22H32IN5O2S. The van der Waals surface area contributed by atoms with Gasteiger partial charge in [0.15, 0.2) is 5.96 Å². The van der Waals surface area contributed by atoms with Crippen LogP contribution >= 0.6 is 35.3 Å². The average Bonchev–Trinajstić information content (AvgIpc) is 3.46. The molecule has 2 fully saturated rings. The summed E-state index contributed by atoms with van der Waals surface area (Å²) in [5.41, 5.74) is 0. The fourth-order valence-corrected chi connectivity index (χ4v) is 5.89. The SMILES string of the molecule is CCNC(=NCc1cnc(CC(C)C)s1)NCCN1C(=O)C2C3C=CC(C3)C2C1=O.I. The number of fused-ring (bicyclic) bond motifs is 5. The van der Waals surface area contributed by atoms with Gasteiger partial charge in [0.25, 0.3) is 0 Å². The Hall–Kier alpha value is -1.49. The molecule has 170 valence electrons. The zero-order chi connectivity index (χ0) is 21.3. The zero-order valence-electron chi connectivity index (χ0n) is 18.3. The lowest BCUT2D eigenvalue weighted by Crippen LogP contribution is -2.43. The van der Waals surface area contributed by atoms with Gasteiger partial charge in [0, 0.05) is 37.1 Å². The molecule has 1 aliphatic heterocycles. The number of likely N-dealkylation sites (tertiary alicyclic amines) is 1. The first-order valence-corrected chi connectivity index (χ1v) is 11.8. The molecule has 2 aliphatic carbocycles. The van der Waals surface area contributed by atoms with E-state index in [1.807, 2.05) is 13.1 Å². The van der Waals surface area contributed by atoms with Gasteiger partial charge in [-0.05, 0) is 31.1 Å². The third-order valence-corrected chi connectivity index (χ3v) is 7.12. The second-order valence-corrected chi connectivity index (χ2v) is 9.97. The van der Waals surface area contributed by atoms with E-state index in [0.717, 1.165) is 29.3 Å². The lowest BCUT2D eigenvalue weighted by molar-refractivity contribution is -0.140. The van der Waals surface area contributed by atoms with Gasteiger partial charge < -0.3 is 10.6 Å². The fraction of sp³-hybridized carbons (Fsp3) is 0.636. The number of nitrogens with one attached hydrogen (secondary N) is 2. The molecule has 2 bridgehead atoms. The van der Waals surface area contributed by atoms with Gasteiger partial charge >= 0.3 is 0 Å². The number of rotatable bonds is 8. The maximum Gasteiger partial charge on any atom is 0.233 e. The summed E-state index contributed by atoms with van der Waals surface area (Å²) in [6.07, 6.45) is 8.11. The Balaban J connectivity index is 0.00000272. The molecular weight excluding hydrogens is 525 g/mol. The summed E-state index contributed by atoms with van der Waals surface area (Å²) in [6.45, 7) is 8.58. The molecule has 1 saturated carbocycles. The summed E-state index contributed by atoms with van der Waals surface area (Å²) in [7, 11) is 0. The Labute approximate surface area is 205 Å². The third-order valence-electron chi connectivity index (χ3n) is 6.11. The molecule has 2 N–H and O–H groups in total. The fourth-order valence-electron chi connectivity index (χ4n) is 4.83. The highest BCUT2D eigenvalue weighted by atomic mass is 127. The van der Waals surface area contributed by atoms with E-state index in [-0.39, 0.29) is 59.5 Å². The minimum Gasteiger partial charge on any atom is -0.357 e. The molecule has 31 heavy (non-hydrogen) atoms. The zero-order valence-corrected chi connectivity index (χ0v) is 21.5. The number of halogens is 1. The van der Waals surface area contributed by atoms with Crippen LogP contribution in [0.15, 0.2) is 23.3 Å². The standard InChI is InChI=1S/C22H31N5O2S.HI/c1-4-23-22(26-12-16-11-25-17(30-16)9-13(2)3)24-7-8-27-20(28)18-14-5-6-15(10-14)19(18)21(27)29;/h5-6,11,13-15,18-19H,4,7-10,12H2,1-3H3,(H2,23,24,26);1H. The maximum atomic E-state index is 12.8. The summed E-state index contributed by atoms with van der Waals surface area (Å²) in [5.74, 6) is 1.56. The molecule has 2 amide bonds. The number of hydrogen-bond donors (Lipinski definition) is 2. The van der Waals surface area contributed by atoms with Crippen LogP contribution in [-0.2, 0) is 22.6 Å². The minimum absolute atomic E-state index is 0. The summed E-state index contributed by atoms with van der Waals surface area (Å²) in [5, 5.41) is 7.64. The van der Waals surface area contributed by atoms with Crippen molar-refractivity contribution >= 4 is 53.1 Å². The third kappa shape index (κ3) is 5.13. The topological polar surface area (TPSA) is 86.7 Å². The Morgan fingerprint density at radius 3 is 2.52 bits per heavy atom. The van der Waals surface area contributed by atoms with Crippen LogP contribution < -0.4 is 10.6 Å². The largest absolute Gasteiger partial charge is 0.357 e. The van der Waals surface area contributed by atoms with E-state index in [1.54, 1.807) is 11.3 Å². The van der Waals surface area contributed by atoms with E-state index in [9.17, 15) is 9.59 Å². The van der Waals surface area contributed by atoms with E-state index < -0.39 is 0 Å². The van der Waals surface area contributed by atoms with E-state index in [4.69, 9.17) is 0 Å². The average molecular weight is 558 g/mol. The van der Waals surface area contributed by atoms with Crippen LogP contribution in [0.3, 0.4) is 0 Å². The summed E-state index contributed by atoms with van der Waals surface area (Å²) < 4.78 is 0. The molecule has 1 aromatic rings. The van der Waals surface area contributed by atoms with Gasteiger partial charge in [-0.25, -0.2) is 9.98 Å². The molecule has 1 aromatic heterocycles. The minimum atomic E-state index is -0.124. The van der Waals surface area contributed by atoms with Crippen molar-refractivity contribution in [3.05, 3.63) is 28.2 Å². The number of allylic oxidation sites excluding steroid dienone is 2. The number of carbonyl (C=O) groups excluding carboxylic acids is 2. The van der Waals surface area contributed by atoms with Crippen LogP contribution in [0.25, 0.3) is 0 Å². The molecule has 4 atom stereocenters.